The van der Waals surface area contributed by atoms with E-state index in [0.717, 1.165) is 25.7 Å². The van der Waals surface area contributed by atoms with Gasteiger partial charge < -0.3 is 10.0 Å². The molecule has 86 valence electrons. The Morgan fingerprint density at radius 1 is 1.40 bits per heavy atom. The summed E-state index contributed by atoms with van der Waals surface area (Å²) in [7, 11) is 1.82. The number of likely N-dealkylation sites (N-methyl/N-ethyl adjacent to an activating group) is 1. The summed E-state index contributed by atoms with van der Waals surface area (Å²) in [6.45, 7) is 0.526. The van der Waals surface area contributed by atoms with Gasteiger partial charge in [0.25, 0.3) is 0 Å². The van der Waals surface area contributed by atoms with Crippen molar-refractivity contribution >= 4 is 5.91 Å². The Morgan fingerprint density at radius 2 is 2.00 bits per heavy atom. The standard InChI is InChI=1S/C12H21NO2/c1-13(11(14)8-10-4-5-10)9-12(15)6-2-3-7-12/h10,15H,2-9H2,1H3. The van der Waals surface area contributed by atoms with Crippen molar-refractivity contribution in [2.24, 2.45) is 5.92 Å². The quantitative estimate of drug-likeness (QED) is 0.766. The molecule has 0 radical (unpaired) electrons. The van der Waals surface area contributed by atoms with Crippen LogP contribution in [0.15, 0.2) is 0 Å². The maximum atomic E-state index is 11.7. The predicted octanol–water partition coefficient (Wildman–Crippen LogP) is 1.55. The lowest BCUT2D eigenvalue weighted by Crippen LogP contribution is -2.42. The molecule has 0 aromatic rings. The van der Waals surface area contributed by atoms with Gasteiger partial charge in [0.1, 0.15) is 0 Å². The van der Waals surface area contributed by atoms with E-state index in [1.54, 1.807) is 4.90 Å². The summed E-state index contributed by atoms with van der Waals surface area (Å²) in [4.78, 5) is 13.5. The molecule has 2 saturated carbocycles. The molecule has 2 fully saturated rings. The van der Waals surface area contributed by atoms with E-state index < -0.39 is 5.60 Å². The summed E-state index contributed by atoms with van der Waals surface area (Å²) < 4.78 is 0. The van der Waals surface area contributed by atoms with Crippen LogP contribution < -0.4 is 0 Å². The molecule has 15 heavy (non-hydrogen) atoms. The zero-order valence-electron chi connectivity index (χ0n) is 9.54. The Hall–Kier alpha value is -0.570. The highest BCUT2D eigenvalue weighted by Gasteiger charge is 2.34. The van der Waals surface area contributed by atoms with Gasteiger partial charge in [-0.15, -0.1) is 0 Å². The van der Waals surface area contributed by atoms with Gasteiger partial charge in [-0.25, -0.2) is 0 Å². The molecular weight excluding hydrogens is 190 g/mol. The fourth-order valence-corrected chi connectivity index (χ4v) is 2.45. The lowest BCUT2D eigenvalue weighted by molar-refractivity contribution is -0.133. The summed E-state index contributed by atoms with van der Waals surface area (Å²) in [5, 5.41) is 10.2. The van der Waals surface area contributed by atoms with Crippen LogP contribution in [0.4, 0.5) is 0 Å². The normalized spacial score (nSPS) is 24.1. The number of aliphatic hydroxyl groups is 1. The van der Waals surface area contributed by atoms with Gasteiger partial charge >= 0.3 is 0 Å². The van der Waals surface area contributed by atoms with Gasteiger partial charge in [0.05, 0.1) is 5.60 Å². The highest BCUT2D eigenvalue weighted by Crippen LogP contribution is 2.34. The molecule has 1 N–H and O–H groups in total. The number of amides is 1. The molecule has 0 unspecified atom stereocenters. The van der Waals surface area contributed by atoms with Crippen molar-refractivity contribution in [2.75, 3.05) is 13.6 Å². The first-order chi connectivity index (χ1) is 7.09. The predicted molar refractivity (Wildman–Crippen MR) is 58.4 cm³/mol. The zero-order valence-corrected chi connectivity index (χ0v) is 9.54. The van der Waals surface area contributed by atoms with Crippen LogP contribution in [0.3, 0.4) is 0 Å². The third kappa shape index (κ3) is 2.94. The molecule has 2 aliphatic rings. The molecule has 0 spiro atoms. The van der Waals surface area contributed by atoms with Crippen LogP contribution in [0.2, 0.25) is 0 Å². The van der Waals surface area contributed by atoms with E-state index in [1.165, 1.54) is 12.8 Å². The summed E-state index contributed by atoms with van der Waals surface area (Å²) in [5.74, 6) is 0.844. The highest BCUT2D eigenvalue weighted by atomic mass is 16.3. The van der Waals surface area contributed by atoms with E-state index >= 15 is 0 Å². The smallest absolute Gasteiger partial charge is 0.222 e. The molecule has 2 rings (SSSR count). The van der Waals surface area contributed by atoms with Crippen molar-refractivity contribution in [3.8, 4) is 0 Å². The minimum atomic E-state index is -0.589. The van der Waals surface area contributed by atoms with E-state index in [4.69, 9.17) is 0 Å². The van der Waals surface area contributed by atoms with Gasteiger partial charge in [-0.2, -0.15) is 0 Å². The minimum Gasteiger partial charge on any atom is -0.388 e. The summed E-state index contributed by atoms with van der Waals surface area (Å²) in [5.41, 5.74) is -0.589. The first-order valence-corrected chi connectivity index (χ1v) is 6.05. The van der Waals surface area contributed by atoms with Crippen LogP contribution in [-0.4, -0.2) is 35.1 Å². The minimum absolute atomic E-state index is 0.206. The molecule has 1 amide bonds. The molecule has 3 heteroatoms. The van der Waals surface area contributed by atoms with E-state index in [-0.39, 0.29) is 5.91 Å². The summed E-state index contributed by atoms with van der Waals surface area (Å²) in [6, 6.07) is 0. The second-order valence-electron chi connectivity index (χ2n) is 5.33. The molecule has 3 nitrogen and oxygen atoms in total. The van der Waals surface area contributed by atoms with Gasteiger partial charge in [-0.3, -0.25) is 4.79 Å². The van der Waals surface area contributed by atoms with E-state index in [9.17, 15) is 9.90 Å². The number of rotatable bonds is 4. The van der Waals surface area contributed by atoms with E-state index in [2.05, 4.69) is 0 Å². The number of nitrogens with zero attached hydrogens (tertiary/aromatic N) is 1. The summed E-state index contributed by atoms with van der Waals surface area (Å²) >= 11 is 0. The Balaban J connectivity index is 1.79. The van der Waals surface area contributed by atoms with Gasteiger partial charge in [0.15, 0.2) is 0 Å². The van der Waals surface area contributed by atoms with Crippen molar-refractivity contribution in [3.63, 3.8) is 0 Å². The number of hydrogen-bond donors (Lipinski definition) is 1. The average molecular weight is 211 g/mol. The van der Waals surface area contributed by atoms with Crippen LogP contribution in [0.25, 0.3) is 0 Å². The fourth-order valence-electron chi connectivity index (χ4n) is 2.45. The van der Waals surface area contributed by atoms with E-state index in [0.29, 0.717) is 18.9 Å². The second-order valence-corrected chi connectivity index (χ2v) is 5.33. The molecule has 0 aromatic carbocycles. The molecule has 2 aliphatic carbocycles. The Kier molecular flexibility index (Phi) is 3.01. The molecule has 0 aromatic heterocycles. The lowest BCUT2D eigenvalue weighted by atomic mass is 10.0. The first kappa shape index (κ1) is 10.9. The van der Waals surface area contributed by atoms with Crippen molar-refractivity contribution in [2.45, 2.75) is 50.5 Å². The van der Waals surface area contributed by atoms with Gasteiger partial charge in [-0.1, -0.05) is 12.8 Å². The first-order valence-electron chi connectivity index (χ1n) is 6.05. The largest absolute Gasteiger partial charge is 0.388 e. The van der Waals surface area contributed by atoms with Crippen molar-refractivity contribution in [1.82, 2.24) is 4.90 Å². The van der Waals surface area contributed by atoms with Crippen molar-refractivity contribution in [3.05, 3.63) is 0 Å². The van der Waals surface area contributed by atoms with Gasteiger partial charge in [0, 0.05) is 20.0 Å². The van der Waals surface area contributed by atoms with Crippen LogP contribution in [0.1, 0.15) is 44.9 Å². The zero-order chi connectivity index (χ0) is 10.9. The number of carbonyl (C=O) groups is 1. The Bertz CT molecular complexity index is 242. The molecular formula is C12H21NO2. The van der Waals surface area contributed by atoms with Crippen LogP contribution in [0.5, 0.6) is 0 Å². The third-order valence-corrected chi connectivity index (χ3v) is 3.65. The fraction of sp³-hybridized carbons (Fsp3) is 0.917. The average Bonchev–Trinajstić information content (AvgIpc) is 2.88. The third-order valence-electron chi connectivity index (χ3n) is 3.65. The van der Waals surface area contributed by atoms with Gasteiger partial charge in [0.2, 0.25) is 5.91 Å². The highest BCUT2D eigenvalue weighted by molar-refractivity contribution is 5.76. The van der Waals surface area contributed by atoms with E-state index in [1.807, 2.05) is 7.05 Å². The Labute approximate surface area is 91.5 Å². The van der Waals surface area contributed by atoms with Crippen LogP contribution in [0, 0.1) is 5.92 Å². The lowest BCUT2D eigenvalue weighted by Gasteiger charge is -2.28. The van der Waals surface area contributed by atoms with Gasteiger partial charge in [-0.05, 0) is 31.6 Å². The van der Waals surface area contributed by atoms with Crippen molar-refractivity contribution < 1.29 is 9.90 Å². The molecule has 0 aliphatic heterocycles. The second kappa shape index (κ2) is 4.12. The van der Waals surface area contributed by atoms with Crippen molar-refractivity contribution in [1.29, 1.82) is 0 Å². The van der Waals surface area contributed by atoms with Crippen LogP contribution >= 0.6 is 0 Å². The molecule has 0 saturated heterocycles. The maximum absolute atomic E-state index is 11.7. The molecule has 0 atom stereocenters. The monoisotopic (exact) mass is 211 g/mol. The topological polar surface area (TPSA) is 40.5 Å². The number of carbonyl (C=O) groups excluding carboxylic acids is 1. The maximum Gasteiger partial charge on any atom is 0.222 e. The SMILES string of the molecule is CN(CC1(O)CCCC1)C(=O)CC1CC1. The van der Waals surface area contributed by atoms with Crippen LogP contribution in [-0.2, 0) is 4.79 Å². The molecule has 0 bridgehead atoms. The summed E-state index contributed by atoms with van der Waals surface area (Å²) in [6.07, 6.45) is 7.02. The Morgan fingerprint density at radius 3 is 2.53 bits per heavy atom. The molecule has 0 heterocycles. The number of hydrogen-bond acceptors (Lipinski definition) is 2.